The fourth-order valence-electron chi connectivity index (χ4n) is 2.65. The number of piperidine rings is 1. The van der Waals surface area contributed by atoms with E-state index in [2.05, 4.69) is 16.9 Å². The number of nitrogens with one attached hydrogen (secondary N) is 1. The standard InChI is InChI=1S/C18H25N3O2/c1-4-18(3,5-2)17(23)20-15-8-12-21(13-9-15)16(22)14-6-10-19-11-7-14/h4,6-7,10-11,15H,1,5,8-9,12-13H2,2-3H3,(H,20,23)/t18-/m1/s1. The third-order valence-electron chi connectivity index (χ3n) is 4.75. The normalized spacial score (nSPS) is 18.1. The highest BCUT2D eigenvalue weighted by atomic mass is 16.2. The highest BCUT2D eigenvalue weighted by molar-refractivity contribution is 5.94. The van der Waals surface area contributed by atoms with E-state index < -0.39 is 5.41 Å². The molecule has 0 aromatic carbocycles. The summed E-state index contributed by atoms with van der Waals surface area (Å²) in [6.45, 7) is 8.96. The number of amides is 2. The molecule has 1 N–H and O–H groups in total. The van der Waals surface area contributed by atoms with Gasteiger partial charge in [0.1, 0.15) is 0 Å². The number of likely N-dealkylation sites (tertiary alicyclic amines) is 1. The second kappa shape index (κ2) is 7.40. The molecule has 1 aromatic heterocycles. The molecule has 0 bridgehead atoms. The molecule has 1 atom stereocenters. The van der Waals surface area contributed by atoms with Crippen LogP contribution in [-0.2, 0) is 4.79 Å². The topological polar surface area (TPSA) is 62.3 Å². The molecular formula is C18H25N3O2. The summed E-state index contributed by atoms with van der Waals surface area (Å²) in [5, 5.41) is 3.10. The Bertz CT molecular complexity index is 565. The number of hydrogen-bond donors (Lipinski definition) is 1. The first-order valence-electron chi connectivity index (χ1n) is 8.14. The summed E-state index contributed by atoms with van der Waals surface area (Å²) in [6.07, 6.45) is 7.24. The summed E-state index contributed by atoms with van der Waals surface area (Å²) in [5.74, 6) is 0.0515. The molecule has 23 heavy (non-hydrogen) atoms. The Labute approximate surface area is 137 Å². The molecule has 0 unspecified atom stereocenters. The van der Waals surface area contributed by atoms with E-state index in [1.807, 2.05) is 18.7 Å². The summed E-state index contributed by atoms with van der Waals surface area (Å²) in [5.41, 5.74) is 0.136. The Morgan fingerprint density at radius 3 is 2.52 bits per heavy atom. The van der Waals surface area contributed by atoms with Crippen molar-refractivity contribution in [2.24, 2.45) is 5.41 Å². The van der Waals surface area contributed by atoms with E-state index in [4.69, 9.17) is 0 Å². The van der Waals surface area contributed by atoms with Gasteiger partial charge in [-0.2, -0.15) is 0 Å². The molecule has 1 fully saturated rings. The maximum Gasteiger partial charge on any atom is 0.253 e. The van der Waals surface area contributed by atoms with Gasteiger partial charge in [-0.25, -0.2) is 0 Å². The predicted octanol–water partition coefficient (Wildman–Crippen LogP) is 2.40. The molecule has 1 aromatic rings. The van der Waals surface area contributed by atoms with Crippen molar-refractivity contribution in [3.05, 3.63) is 42.7 Å². The lowest BCUT2D eigenvalue weighted by atomic mass is 9.86. The molecule has 5 heteroatoms. The van der Waals surface area contributed by atoms with Crippen LogP contribution in [0, 0.1) is 5.41 Å². The lowest BCUT2D eigenvalue weighted by Crippen LogP contribution is -2.49. The molecule has 2 heterocycles. The Morgan fingerprint density at radius 2 is 2.00 bits per heavy atom. The van der Waals surface area contributed by atoms with Crippen LogP contribution in [-0.4, -0.2) is 40.8 Å². The third kappa shape index (κ3) is 3.97. The Hall–Kier alpha value is -2.17. The number of rotatable bonds is 5. The first-order chi connectivity index (χ1) is 11.0. The van der Waals surface area contributed by atoms with Crippen LogP contribution < -0.4 is 5.32 Å². The van der Waals surface area contributed by atoms with Crippen LogP contribution in [0.2, 0.25) is 0 Å². The van der Waals surface area contributed by atoms with Crippen molar-refractivity contribution in [1.29, 1.82) is 0 Å². The number of hydrogen-bond acceptors (Lipinski definition) is 3. The van der Waals surface area contributed by atoms with Crippen LogP contribution in [0.1, 0.15) is 43.5 Å². The summed E-state index contributed by atoms with van der Waals surface area (Å²) in [4.78, 5) is 30.5. The quantitative estimate of drug-likeness (QED) is 0.849. The second-order valence-corrected chi connectivity index (χ2v) is 6.25. The molecule has 0 saturated carbocycles. The fraction of sp³-hybridized carbons (Fsp3) is 0.500. The largest absolute Gasteiger partial charge is 0.352 e. The van der Waals surface area contributed by atoms with E-state index in [-0.39, 0.29) is 17.9 Å². The van der Waals surface area contributed by atoms with Crippen LogP contribution in [0.5, 0.6) is 0 Å². The van der Waals surface area contributed by atoms with Gasteiger partial charge in [-0.1, -0.05) is 13.0 Å². The van der Waals surface area contributed by atoms with Gasteiger partial charge in [0, 0.05) is 37.1 Å². The smallest absolute Gasteiger partial charge is 0.253 e. The fourth-order valence-corrected chi connectivity index (χ4v) is 2.65. The van der Waals surface area contributed by atoms with E-state index in [0.29, 0.717) is 18.7 Å². The average Bonchev–Trinajstić information content (AvgIpc) is 2.61. The van der Waals surface area contributed by atoms with Gasteiger partial charge in [0.15, 0.2) is 0 Å². The Morgan fingerprint density at radius 1 is 1.39 bits per heavy atom. The van der Waals surface area contributed by atoms with Crippen LogP contribution in [0.25, 0.3) is 0 Å². The van der Waals surface area contributed by atoms with Crippen LogP contribution in [0.4, 0.5) is 0 Å². The van der Waals surface area contributed by atoms with E-state index >= 15 is 0 Å². The van der Waals surface area contributed by atoms with Gasteiger partial charge >= 0.3 is 0 Å². The highest BCUT2D eigenvalue weighted by Crippen LogP contribution is 2.23. The number of aromatic nitrogens is 1. The molecule has 1 saturated heterocycles. The van der Waals surface area contributed by atoms with Gasteiger partial charge in [0.05, 0.1) is 5.41 Å². The maximum atomic E-state index is 12.4. The zero-order valence-corrected chi connectivity index (χ0v) is 13.9. The zero-order valence-electron chi connectivity index (χ0n) is 13.9. The molecule has 2 amide bonds. The van der Waals surface area contributed by atoms with Crippen molar-refractivity contribution in [2.45, 2.75) is 39.2 Å². The molecular weight excluding hydrogens is 290 g/mol. The molecule has 124 valence electrons. The monoisotopic (exact) mass is 315 g/mol. The summed E-state index contributed by atoms with van der Waals surface area (Å²) in [6, 6.07) is 3.58. The van der Waals surface area contributed by atoms with Crippen molar-refractivity contribution < 1.29 is 9.59 Å². The van der Waals surface area contributed by atoms with Gasteiger partial charge in [-0.05, 0) is 38.3 Å². The SMILES string of the molecule is C=C[C@](C)(CC)C(=O)NC1CCN(C(=O)c2ccncc2)CC1. The second-order valence-electron chi connectivity index (χ2n) is 6.25. The first-order valence-corrected chi connectivity index (χ1v) is 8.14. The summed E-state index contributed by atoms with van der Waals surface area (Å²) >= 11 is 0. The molecule has 2 rings (SSSR count). The van der Waals surface area contributed by atoms with E-state index in [0.717, 1.165) is 19.3 Å². The minimum absolute atomic E-state index is 0.0221. The molecule has 0 aliphatic carbocycles. The van der Waals surface area contributed by atoms with E-state index in [1.165, 1.54) is 0 Å². The highest BCUT2D eigenvalue weighted by Gasteiger charge is 2.31. The van der Waals surface area contributed by atoms with Gasteiger partial charge < -0.3 is 10.2 Å². The maximum absolute atomic E-state index is 12.4. The van der Waals surface area contributed by atoms with Crippen LogP contribution >= 0.6 is 0 Å². The molecule has 5 nitrogen and oxygen atoms in total. The summed E-state index contributed by atoms with van der Waals surface area (Å²) in [7, 11) is 0. The zero-order chi connectivity index (χ0) is 16.9. The van der Waals surface area contributed by atoms with Gasteiger partial charge in [-0.3, -0.25) is 14.6 Å². The number of nitrogens with zero attached hydrogens (tertiary/aromatic N) is 2. The predicted molar refractivity (Wildman–Crippen MR) is 89.9 cm³/mol. The third-order valence-corrected chi connectivity index (χ3v) is 4.75. The number of carbonyl (C=O) groups excluding carboxylic acids is 2. The van der Waals surface area contributed by atoms with Crippen molar-refractivity contribution >= 4 is 11.8 Å². The van der Waals surface area contributed by atoms with Crippen molar-refractivity contribution in [3.8, 4) is 0 Å². The molecule has 0 radical (unpaired) electrons. The van der Waals surface area contributed by atoms with Gasteiger partial charge in [0.2, 0.25) is 5.91 Å². The molecule has 1 aliphatic rings. The van der Waals surface area contributed by atoms with E-state index in [1.54, 1.807) is 30.6 Å². The average molecular weight is 315 g/mol. The van der Waals surface area contributed by atoms with Crippen LogP contribution in [0.3, 0.4) is 0 Å². The van der Waals surface area contributed by atoms with E-state index in [9.17, 15) is 9.59 Å². The van der Waals surface area contributed by atoms with Gasteiger partial charge in [-0.15, -0.1) is 6.58 Å². The first kappa shape index (κ1) is 17.2. The summed E-state index contributed by atoms with van der Waals surface area (Å²) < 4.78 is 0. The van der Waals surface area contributed by atoms with Crippen molar-refractivity contribution in [2.75, 3.05) is 13.1 Å². The number of pyridine rings is 1. The molecule has 1 aliphatic heterocycles. The Balaban J connectivity index is 1.88. The van der Waals surface area contributed by atoms with Crippen LogP contribution in [0.15, 0.2) is 37.2 Å². The number of carbonyl (C=O) groups is 2. The van der Waals surface area contributed by atoms with Crippen molar-refractivity contribution in [3.63, 3.8) is 0 Å². The lowest BCUT2D eigenvalue weighted by molar-refractivity contribution is -0.129. The van der Waals surface area contributed by atoms with Gasteiger partial charge in [0.25, 0.3) is 5.91 Å². The lowest BCUT2D eigenvalue weighted by Gasteiger charge is -2.34. The molecule has 0 spiro atoms. The Kier molecular flexibility index (Phi) is 5.53. The van der Waals surface area contributed by atoms with Crippen molar-refractivity contribution in [1.82, 2.24) is 15.2 Å². The minimum atomic E-state index is -0.524. The minimum Gasteiger partial charge on any atom is -0.352 e.